The molecule has 0 fully saturated rings. The van der Waals surface area contributed by atoms with E-state index in [4.69, 9.17) is 21.8 Å². The number of phenolic OH excluding ortho intramolecular Hbond substituents is 1. The Balaban J connectivity index is 2.89. The molecule has 0 atom stereocenters. The molecule has 0 saturated heterocycles. The molecule has 0 aliphatic rings. The third-order valence-corrected chi connectivity index (χ3v) is 1.69. The average molecular weight is 185 g/mol. The summed E-state index contributed by atoms with van der Waals surface area (Å²) in [5.74, 6) is 0.0674. The van der Waals surface area contributed by atoms with Gasteiger partial charge in [0.2, 0.25) is 0 Å². The number of hydrogen-bond donors (Lipinski definition) is 2. The molecule has 0 amide bonds. The van der Waals surface area contributed by atoms with Gasteiger partial charge in [-0.15, -0.1) is 0 Å². The van der Waals surface area contributed by atoms with E-state index in [9.17, 15) is 0 Å². The molecule has 0 bridgehead atoms. The van der Waals surface area contributed by atoms with Gasteiger partial charge in [0, 0.05) is 0 Å². The lowest BCUT2D eigenvalue weighted by Gasteiger charge is -1.97. The van der Waals surface area contributed by atoms with Crippen LogP contribution in [0.2, 0.25) is 5.02 Å². The molecule has 12 heavy (non-hydrogen) atoms. The Morgan fingerprint density at radius 3 is 2.75 bits per heavy atom. The molecule has 2 nitrogen and oxygen atoms in total. The van der Waals surface area contributed by atoms with Gasteiger partial charge in [-0.3, -0.25) is 0 Å². The van der Waals surface area contributed by atoms with Crippen LogP contribution in [0.3, 0.4) is 0 Å². The molecule has 2 N–H and O–H groups in total. The van der Waals surface area contributed by atoms with Crippen molar-refractivity contribution >= 4 is 17.7 Å². The fourth-order valence-electron chi connectivity index (χ4n) is 0.816. The lowest BCUT2D eigenvalue weighted by Crippen LogP contribution is -1.75. The Kier molecular flexibility index (Phi) is 3.14. The number of aliphatic hydroxyl groups excluding tert-OH is 1. The number of phenols is 1. The predicted octanol–water partition coefficient (Wildman–Crippen LogP) is 2.05. The number of halogens is 1. The van der Waals surface area contributed by atoms with Crippen molar-refractivity contribution in [2.75, 3.05) is 6.61 Å². The lowest BCUT2D eigenvalue weighted by molar-refractivity contribution is 0.343. The minimum Gasteiger partial charge on any atom is -0.506 e. The van der Waals surface area contributed by atoms with E-state index >= 15 is 0 Å². The highest BCUT2D eigenvalue weighted by Crippen LogP contribution is 2.23. The number of hydrogen-bond acceptors (Lipinski definition) is 2. The Morgan fingerprint density at radius 1 is 1.42 bits per heavy atom. The Labute approximate surface area is 75.7 Å². The van der Waals surface area contributed by atoms with Crippen LogP contribution in [-0.2, 0) is 0 Å². The van der Waals surface area contributed by atoms with Gasteiger partial charge in [0.05, 0.1) is 11.6 Å². The van der Waals surface area contributed by atoms with E-state index in [-0.39, 0.29) is 12.4 Å². The first kappa shape index (κ1) is 9.10. The maximum absolute atomic E-state index is 9.06. The minimum absolute atomic E-state index is 0.00149. The molecule has 1 rings (SSSR count). The van der Waals surface area contributed by atoms with Crippen molar-refractivity contribution in [2.45, 2.75) is 0 Å². The highest BCUT2D eigenvalue weighted by Gasteiger charge is 1.96. The van der Waals surface area contributed by atoms with Crippen molar-refractivity contribution in [3.05, 3.63) is 34.9 Å². The minimum atomic E-state index is -0.00149. The highest BCUT2D eigenvalue weighted by atomic mass is 35.5. The Morgan fingerprint density at radius 2 is 2.17 bits per heavy atom. The summed E-state index contributed by atoms with van der Waals surface area (Å²) < 4.78 is 0. The molecule has 0 radical (unpaired) electrons. The average Bonchev–Trinajstić information content (AvgIpc) is 2.07. The predicted molar refractivity (Wildman–Crippen MR) is 49.2 cm³/mol. The van der Waals surface area contributed by atoms with Crippen molar-refractivity contribution in [2.24, 2.45) is 0 Å². The zero-order valence-electron chi connectivity index (χ0n) is 6.37. The number of benzene rings is 1. The first-order chi connectivity index (χ1) is 5.74. The number of aromatic hydroxyl groups is 1. The van der Waals surface area contributed by atoms with Gasteiger partial charge in [-0.1, -0.05) is 29.8 Å². The molecule has 0 aromatic heterocycles. The molecule has 0 heterocycles. The molecule has 0 aliphatic heterocycles. The topological polar surface area (TPSA) is 40.5 Å². The van der Waals surface area contributed by atoms with Gasteiger partial charge < -0.3 is 10.2 Å². The first-order valence-corrected chi connectivity index (χ1v) is 3.88. The summed E-state index contributed by atoms with van der Waals surface area (Å²) in [5, 5.41) is 17.9. The summed E-state index contributed by atoms with van der Waals surface area (Å²) in [6.45, 7) is -0.00149. The zero-order chi connectivity index (χ0) is 8.97. The van der Waals surface area contributed by atoms with E-state index in [2.05, 4.69) is 0 Å². The molecule has 64 valence electrons. The van der Waals surface area contributed by atoms with Gasteiger partial charge in [0.25, 0.3) is 0 Å². The van der Waals surface area contributed by atoms with E-state index < -0.39 is 0 Å². The van der Waals surface area contributed by atoms with Crippen LogP contribution in [0.5, 0.6) is 5.75 Å². The summed E-state index contributed by atoms with van der Waals surface area (Å²) in [4.78, 5) is 0. The molecule has 1 aromatic rings. The van der Waals surface area contributed by atoms with E-state index in [1.165, 1.54) is 6.07 Å². The van der Waals surface area contributed by atoms with Crippen LogP contribution in [-0.4, -0.2) is 16.8 Å². The molecular formula is C9H9ClO2. The molecule has 0 unspecified atom stereocenters. The van der Waals surface area contributed by atoms with E-state index in [1.54, 1.807) is 24.3 Å². The van der Waals surface area contributed by atoms with E-state index in [0.717, 1.165) is 5.56 Å². The maximum atomic E-state index is 9.06. The summed E-state index contributed by atoms with van der Waals surface area (Å²) in [6.07, 6.45) is 3.33. The number of aliphatic hydroxyl groups is 1. The maximum Gasteiger partial charge on any atom is 0.134 e. The second kappa shape index (κ2) is 4.14. The van der Waals surface area contributed by atoms with E-state index in [0.29, 0.717) is 5.02 Å². The molecule has 1 aromatic carbocycles. The second-order valence-electron chi connectivity index (χ2n) is 2.30. The third-order valence-electron chi connectivity index (χ3n) is 1.39. The quantitative estimate of drug-likeness (QED) is 0.739. The molecule has 3 heteroatoms. The van der Waals surface area contributed by atoms with Gasteiger partial charge in [-0.2, -0.15) is 0 Å². The molecule has 0 saturated carbocycles. The van der Waals surface area contributed by atoms with Gasteiger partial charge in [-0.05, 0) is 17.7 Å². The standard InChI is InChI=1S/C9H9ClO2/c10-8-6-7(2-1-5-11)3-4-9(8)12/h1-4,6,11-12H,5H2/b2-1+. The normalized spacial score (nSPS) is 10.8. The molecular weight excluding hydrogens is 176 g/mol. The van der Waals surface area contributed by atoms with Crippen LogP contribution in [0.4, 0.5) is 0 Å². The summed E-state index contributed by atoms with van der Waals surface area (Å²) >= 11 is 5.65. The van der Waals surface area contributed by atoms with Crippen LogP contribution in [0.1, 0.15) is 5.56 Å². The van der Waals surface area contributed by atoms with Crippen molar-refractivity contribution < 1.29 is 10.2 Å². The first-order valence-electron chi connectivity index (χ1n) is 3.50. The van der Waals surface area contributed by atoms with Gasteiger partial charge >= 0.3 is 0 Å². The summed E-state index contributed by atoms with van der Waals surface area (Å²) in [7, 11) is 0. The zero-order valence-corrected chi connectivity index (χ0v) is 7.12. The van der Waals surface area contributed by atoms with Crippen LogP contribution in [0.25, 0.3) is 6.08 Å². The Hall–Kier alpha value is -0.990. The van der Waals surface area contributed by atoms with Crippen molar-refractivity contribution in [3.63, 3.8) is 0 Å². The fourth-order valence-corrected chi connectivity index (χ4v) is 1.00. The van der Waals surface area contributed by atoms with Crippen molar-refractivity contribution in [1.29, 1.82) is 0 Å². The van der Waals surface area contributed by atoms with Gasteiger partial charge in [0.1, 0.15) is 5.75 Å². The van der Waals surface area contributed by atoms with Crippen LogP contribution in [0, 0.1) is 0 Å². The highest BCUT2D eigenvalue weighted by molar-refractivity contribution is 6.32. The lowest BCUT2D eigenvalue weighted by atomic mass is 10.2. The monoisotopic (exact) mass is 184 g/mol. The molecule has 0 aliphatic carbocycles. The molecule has 0 spiro atoms. The largest absolute Gasteiger partial charge is 0.506 e. The van der Waals surface area contributed by atoms with Crippen molar-refractivity contribution in [1.82, 2.24) is 0 Å². The smallest absolute Gasteiger partial charge is 0.134 e. The van der Waals surface area contributed by atoms with Gasteiger partial charge in [-0.25, -0.2) is 0 Å². The van der Waals surface area contributed by atoms with Crippen LogP contribution >= 0.6 is 11.6 Å². The third kappa shape index (κ3) is 2.26. The Bertz CT molecular complexity index is 295. The van der Waals surface area contributed by atoms with E-state index in [1.807, 2.05) is 0 Å². The number of rotatable bonds is 2. The second-order valence-corrected chi connectivity index (χ2v) is 2.70. The van der Waals surface area contributed by atoms with Gasteiger partial charge in [0.15, 0.2) is 0 Å². The summed E-state index contributed by atoms with van der Waals surface area (Å²) in [5.41, 5.74) is 0.854. The van der Waals surface area contributed by atoms with Crippen LogP contribution < -0.4 is 0 Å². The van der Waals surface area contributed by atoms with Crippen molar-refractivity contribution in [3.8, 4) is 5.75 Å². The fraction of sp³-hybridized carbons (Fsp3) is 0.111. The summed E-state index contributed by atoms with van der Waals surface area (Å²) in [6, 6.07) is 4.86. The van der Waals surface area contributed by atoms with Crippen LogP contribution in [0.15, 0.2) is 24.3 Å². The SMILES string of the molecule is OC/C=C/c1ccc(O)c(Cl)c1.